The first-order valence-electron chi connectivity index (χ1n) is 8.30. The topological polar surface area (TPSA) is 23.1 Å². The molecule has 0 aliphatic carbocycles. The zero-order chi connectivity index (χ0) is 16.1. The Morgan fingerprint density at radius 3 is 1.05 bits per heavy atom. The summed E-state index contributed by atoms with van der Waals surface area (Å²) in [5.74, 6) is 0. The van der Waals surface area contributed by atoms with Gasteiger partial charge in [-0.3, -0.25) is 0 Å². The van der Waals surface area contributed by atoms with Gasteiger partial charge in [-0.1, -0.05) is 116 Å². The van der Waals surface area contributed by atoms with Gasteiger partial charge >= 0.3 is 0 Å². The Balaban J connectivity index is -0.0000000973. The first-order chi connectivity index (χ1) is 9.67. The first-order valence-corrected chi connectivity index (χ1v) is 8.30. The summed E-state index contributed by atoms with van der Waals surface area (Å²) >= 11 is 0. The molecule has 2 heteroatoms. The summed E-state index contributed by atoms with van der Waals surface area (Å²) in [5, 5.41) is 10.1. The molecule has 1 nitrogen and oxygen atoms in total. The Labute approximate surface area is 151 Å². The third-order valence-corrected chi connectivity index (χ3v) is 2.51. The summed E-state index contributed by atoms with van der Waals surface area (Å²) in [6.45, 7) is 13.0. The van der Waals surface area contributed by atoms with Crippen LogP contribution in [0, 0.1) is 0 Å². The molecule has 1 aromatic carbocycles. The van der Waals surface area contributed by atoms with E-state index in [2.05, 4.69) is 41.5 Å². The second kappa shape index (κ2) is 32.1. The van der Waals surface area contributed by atoms with E-state index in [0.717, 1.165) is 5.56 Å². The van der Waals surface area contributed by atoms with Crippen molar-refractivity contribution in [2.75, 3.05) is 0 Å². The molecule has 0 aliphatic heterocycles. The molecule has 124 valence electrons. The normalized spacial score (nSPS) is 7.76. The smallest absolute Gasteiger partial charge is 0 e. The predicted octanol–water partition coefficient (Wildman–Crippen LogP) is 5.59. The standard InChI is InChI=1S/C7H7O.3C4H10.Sn/c8-6-7-4-2-1-3-5-7;3*1-3-4-2;/h1-5H,6H2;3*3-4H2,1-2H3;/q-1;;;;. The monoisotopic (exact) mass is 401 g/mol. The molecule has 0 aromatic heterocycles. The van der Waals surface area contributed by atoms with Crippen LogP contribution in [0.4, 0.5) is 0 Å². The summed E-state index contributed by atoms with van der Waals surface area (Å²) in [4.78, 5) is 0. The van der Waals surface area contributed by atoms with E-state index in [-0.39, 0.29) is 30.5 Å². The molecule has 0 unspecified atom stereocenters. The van der Waals surface area contributed by atoms with Crippen molar-refractivity contribution in [3.8, 4) is 0 Å². The molecular weight excluding hydrogens is 363 g/mol. The second-order valence-electron chi connectivity index (χ2n) is 4.63. The van der Waals surface area contributed by atoms with Gasteiger partial charge in [0.25, 0.3) is 0 Å². The van der Waals surface area contributed by atoms with Crippen LogP contribution < -0.4 is 5.11 Å². The zero-order valence-corrected chi connectivity index (χ0v) is 18.1. The van der Waals surface area contributed by atoms with Crippen molar-refractivity contribution < 1.29 is 5.11 Å². The van der Waals surface area contributed by atoms with Gasteiger partial charge in [-0.2, -0.15) is 0 Å². The maximum absolute atomic E-state index is 10.1. The molecule has 0 atom stereocenters. The number of rotatable bonds is 4. The van der Waals surface area contributed by atoms with Gasteiger partial charge < -0.3 is 5.11 Å². The molecule has 0 saturated heterocycles. The van der Waals surface area contributed by atoms with E-state index in [1.165, 1.54) is 38.5 Å². The average Bonchev–Trinajstić information content (AvgIpc) is 2.56. The number of unbranched alkanes of at least 4 members (excludes halogenated alkanes) is 3. The van der Waals surface area contributed by atoms with Crippen molar-refractivity contribution in [2.45, 2.75) is 86.7 Å². The number of hydrogen-bond acceptors (Lipinski definition) is 1. The molecular formula is C19H37OSn-. The largest absolute Gasteiger partial charge is 0.851 e. The van der Waals surface area contributed by atoms with Gasteiger partial charge in [-0.15, -0.1) is 6.61 Å². The van der Waals surface area contributed by atoms with Crippen molar-refractivity contribution in [2.24, 2.45) is 0 Å². The van der Waals surface area contributed by atoms with E-state index < -0.39 is 0 Å². The Morgan fingerprint density at radius 1 is 0.619 bits per heavy atom. The van der Waals surface area contributed by atoms with E-state index in [4.69, 9.17) is 0 Å². The van der Waals surface area contributed by atoms with Crippen LogP contribution in [0.2, 0.25) is 0 Å². The fourth-order valence-corrected chi connectivity index (χ4v) is 0.574. The molecule has 21 heavy (non-hydrogen) atoms. The predicted molar refractivity (Wildman–Crippen MR) is 97.6 cm³/mol. The summed E-state index contributed by atoms with van der Waals surface area (Å²) in [6.07, 6.45) is 7.92. The fraction of sp³-hybridized carbons (Fsp3) is 0.684. The third kappa shape index (κ3) is 38.3. The van der Waals surface area contributed by atoms with Gasteiger partial charge in [0.15, 0.2) is 0 Å². The Bertz CT molecular complexity index is 209. The maximum Gasteiger partial charge on any atom is 0 e. The van der Waals surface area contributed by atoms with Crippen LogP contribution in [0.25, 0.3) is 0 Å². The molecule has 0 aliphatic rings. The van der Waals surface area contributed by atoms with E-state index in [0.29, 0.717) is 0 Å². The SMILES string of the molecule is CCCC.CCCC.CCCC.[O-]Cc1ccccc1.[Sn]. The van der Waals surface area contributed by atoms with Crippen LogP contribution in [0.1, 0.15) is 85.6 Å². The first kappa shape index (κ1) is 29.0. The van der Waals surface area contributed by atoms with Gasteiger partial charge in [0.1, 0.15) is 0 Å². The van der Waals surface area contributed by atoms with Crippen LogP contribution in [0.15, 0.2) is 30.3 Å². The molecule has 0 spiro atoms. The van der Waals surface area contributed by atoms with Crippen LogP contribution in [-0.4, -0.2) is 23.9 Å². The Kier molecular flexibility index (Phi) is 44.4. The second-order valence-corrected chi connectivity index (χ2v) is 4.63. The van der Waals surface area contributed by atoms with Gasteiger partial charge in [0, 0.05) is 23.9 Å². The van der Waals surface area contributed by atoms with Crippen molar-refractivity contribution in [3.63, 3.8) is 0 Å². The molecule has 0 heterocycles. The van der Waals surface area contributed by atoms with Gasteiger partial charge in [-0.05, 0) is 0 Å². The Morgan fingerprint density at radius 2 is 0.905 bits per heavy atom. The van der Waals surface area contributed by atoms with Gasteiger partial charge in [0.05, 0.1) is 0 Å². The minimum atomic E-state index is -0.110. The van der Waals surface area contributed by atoms with Crippen LogP contribution in [0.3, 0.4) is 0 Å². The van der Waals surface area contributed by atoms with E-state index in [1.807, 2.05) is 30.3 Å². The number of benzene rings is 1. The van der Waals surface area contributed by atoms with Crippen molar-refractivity contribution in [3.05, 3.63) is 35.9 Å². The average molecular weight is 400 g/mol. The fourth-order valence-electron chi connectivity index (χ4n) is 0.574. The minimum absolute atomic E-state index is 0. The zero-order valence-electron chi connectivity index (χ0n) is 15.2. The summed E-state index contributed by atoms with van der Waals surface area (Å²) in [7, 11) is 0. The molecule has 1 aromatic rings. The quantitative estimate of drug-likeness (QED) is 0.605. The summed E-state index contributed by atoms with van der Waals surface area (Å²) < 4.78 is 0. The van der Waals surface area contributed by atoms with E-state index in [1.54, 1.807) is 0 Å². The minimum Gasteiger partial charge on any atom is -0.851 e. The third-order valence-electron chi connectivity index (χ3n) is 2.51. The molecule has 0 saturated carbocycles. The molecule has 1 rings (SSSR count). The maximum atomic E-state index is 10.1. The number of hydrogen-bond donors (Lipinski definition) is 0. The molecule has 0 amide bonds. The molecule has 0 N–H and O–H groups in total. The van der Waals surface area contributed by atoms with E-state index >= 15 is 0 Å². The molecule has 4 radical (unpaired) electrons. The Hall–Kier alpha value is -0.0213. The van der Waals surface area contributed by atoms with Crippen molar-refractivity contribution in [1.29, 1.82) is 0 Å². The van der Waals surface area contributed by atoms with Crippen LogP contribution in [-0.2, 0) is 6.61 Å². The van der Waals surface area contributed by atoms with Crippen LogP contribution in [0.5, 0.6) is 0 Å². The van der Waals surface area contributed by atoms with Crippen molar-refractivity contribution >= 4 is 23.9 Å². The van der Waals surface area contributed by atoms with Gasteiger partial charge in [-0.25, -0.2) is 0 Å². The summed E-state index contributed by atoms with van der Waals surface area (Å²) in [6, 6.07) is 9.29. The molecule has 0 bridgehead atoms. The van der Waals surface area contributed by atoms with Crippen molar-refractivity contribution in [1.82, 2.24) is 0 Å². The van der Waals surface area contributed by atoms with Gasteiger partial charge in [0.2, 0.25) is 0 Å². The van der Waals surface area contributed by atoms with E-state index in [9.17, 15) is 5.11 Å². The van der Waals surface area contributed by atoms with Crippen LogP contribution >= 0.6 is 0 Å². The summed E-state index contributed by atoms with van der Waals surface area (Å²) in [5.41, 5.74) is 0.854. The molecule has 0 fully saturated rings.